The summed E-state index contributed by atoms with van der Waals surface area (Å²) in [6.07, 6.45) is 6.57. The second-order valence-electron chi connectivity index (χ2n) is 9.45. The average molecular weight is 495 g/mol. The molecule has 2 aromatic rings. The van der Waals surface area contributed by atoms with Crippen molar-refractivity contribution in [2.45, 2.75) is 73.1 Å². The van der Waals surface area contributed by atoms with Gasteiger partial charge in [-0.05, 0) is 0 Å². The zero-order chi connectivity index (χ0) is 23.8. The number of carbonyl (C=O) groups excluding carboxylic acids is 1. The monoisotopic (exact) mass is 494 g/mol. The Bertz CT molecular complexity index is 944. The van der Waals surface area contributed by atoms with Crippen LogP contribution in [0.1, 0.15) is 73.1 Å². The van der Waals surface area contributed by atoms with E-state index in [9.17, 15) is 4.79 Å². The molecule has 0 saturated heterocycles. The Morgan fingerprint density at radius 2 is 1.39 bits per heavy atom. The van der Waals surface area contributed by atoms with Crippen molar-refractivity contribution in [1.82, 2.24) is 3.80 Å². The SMILES string of the molecule is CCCCCCCC(=O)[NH][Ti]([C]1=C(C)C(C)=C(C)C1C)[SiH](c1ccccc1)c1ccccc1. The van der Waals surface area contributed by atoms with Crippen LogP contribution in [0.5, 0.6) is 0 Å². The van der Waals surface area contributed by atoms with E-state index in [4.69, 9.17) is 0 Å². The van der Waals surface area contributed by atoms with Gasteiger partial charge in [-0.2, -0.15) is 0 Å². The van der Waals surface area contributed by atoms with E-state index in [2.05, 4.69) is 99.1 Å². The van der Waals surface area contributed by atoms with Crippen LogP contribution >= 0.6 is 0 Å². The average Bonchev–Trinajstić information content (AvgIpc) is 3.02. The first-order chi connectivity index (χ1) is 16.0. The van der Waals surface area contributed by atoms with E-state index in [-0.39, 0.29) is 5.91 Å². The maximum atomic E-state index is 13.3. The normalized spacial score (nSPS) is 16.0. The second kappa shape index (κ2) is 12.7. The third-order valence-electron chi connectivity index (χ3n) is 7.27. The van der Waals surface area contributed by atoms with Crippen LogP contribution in [0.3, 0.4) is 0 Å². The second-order valence-corrected chi connectivity index (χ2v) is 19.3. The summed E-state index contributed by atoms with van der Waals surface area (Å²) in [4.78, 5) is 13.3. The summed E-state index contributed by atoms with van der Waals surface area (Å²) >= 11 is -2.17. The molecule has 1 N–H and O–H groups in total. The Kier molecular flexibility index (Phi) is 9.97. The molecule has 0 saturated carbocycles. The summed E-state index contributed by atoms with van der Waals surface area (Å²) in [5.41, 5.74) is 4.36. The van der Waals surface area contributed by atoms with Gasteiger partial charge in [-0.3, -0.25) is 0 Å². The molecule has 1 aliphatic rings. The Morgan fingerprint density at radius 1 is 0.848 bits per heavy atom. The van der Waals surface area contributed by atoms with Crippen molar-refractivity contribution in [3.05, 3.63) is 81.3 Å². The molecular formula is C29H40NOSiTi. The molecule has 0 bridgehead atoms. The van der Waals surface area contributed by atoms with Gasteiger partial charge in [0, 0.05) is 0 Å². The first-order valence-corrected chi connectivity index (χ1v) is 18.6. The fourth-order valence-corrected chi connectivity index (χ4v) is 20.2. The minimum atomic E-state index is -2.17. The van der Waals surface area contributed by atoms with Gasteiger partial charge in [0.1, 0.15) is 0 Å². The van der Waals surface area contributed by atoms with Crippen molar-refractivity contribution in [2.75, 3.05) is 0 Å². The van der Waals surface area contributed by atoms with Gasteiger partial charge in [-0.1, -0.05) is 0 Å². The van der Waals surface area contributed by atoms with Crippen LogP contribution in [0.2, 0.25) is 0 Å². The van der Waals surface area contributed by atoms with Crippen LogP contribution < -0.4 is 14.2 Å². The summed E-state index contributed by atoms with van der Waals surface area (Å²) in [6, 6.07) is 22.1. The third-order valence-corrected chi connectivity index (χ3v) is 20.7. The van der Waals surface area contributed by atoms with Crippen molar-refractivity contribution in [1.29, 1.82) is 0 Å². The molecule has 1 amide bonds. The quantitative estimate of drug-likeness (QED) is 0.311. The molecule has 1 aliphatic carbocycles. The molecule has 4 heteroatoms. The first-order valence-electron chi connectivity index (χ1n) is 12.6. The fraction of sp³-hybridized carbons (Fsp3) is 0.414. The van der Waals surface area contributed by atoms with Crippen LogP contribution in [0, 0.1) is 5.92 Å². The van der Waals surface area contributed by atoms with Gasteiger partial charge < -0.3 is 0 Å². The predicted molar refractivity (Wildman–Crippen MR) is 141 cm³/mol. The summed E-state index contributed by atoms with van der Waals surface area (Å²) in [6.45, 7) is 9.82. The van der Waals surface area contributed by atoms with Crippen LogP contribution in [-0.2, 0) is 22.2 Å². The standard InChI is InChI=1S/C12H11Si.C9H13.C8H17NO.Ti/c1-3-7-11(8-4-1)13-12-9-5-2-6-10-12;1-6-5-7(2)9(4)8(6)3;1-2-3-4-5-6-7-8(9)10;/h1-10,13H;6H,1-4H3;2-7H2,1H3,(H2,9,10);/q;;;+1/p-1. The van der Waals surface area contributed by atoms with Crippen LogP contribution in [0.15, 0.2) is 81.3 Å². The maximum absolute atomic E-state index is 13.3. The molecule has 1 unspecified atom stereocenters. The van der Waals surface area contributed by atoms with Gasteiger partial charge in [0.25, 0.3) is 0 Å². The predicted octanol–water partition coefficient (Wildman–Crippen LogP) is 5.79. The summed E-state index contributed by atoms with van der Waals surface area (Å²) in [5.74, 6) is 0.716. The fourth-order valence-electron chi connectivity index (χ4n) is 5.01. The number of nitrogens with one attached hydrogen (secondary N) is 1. The number of benzene rings is 2. The van der Waals surface area contributed by atoms with Crippen LogP contribution in [0.25, 0.3) is 0 Å². The molecule has 175 valence electrons. The van der Waals surface area contributed by atoms with Gasteiger partial charge in [0.15, 0.2) is 0 Å². The number of unbranched alkanes of at least 4 members (excludes halogenated alkanes) is 4. The third kappa shape index (κ3) is 6.47. The number of hydrogen-bond donors (Lipinski definition) is 1. The minimum absolute atomic E-state index is 0.278. The van der Waals surface area contributed by atoms with E-state index >= 15 is 0 Å². The summed E-state index contributed by atoms with van der Waals surface area (Å²) in [7, 11) is 0. The van der Waals surface area contributed by atoms with Gasteiger partial charge in [-0.15, -0.1) is 0 Å². The van der Waals surface area contributed by atoms with Gasteiger partial charge in [0.2, 0.25) is 0 Å². The van der Waals surface area contributed by atoms with Crippen molar-refractivity contribution >= 4 is 22.9 Å². The van der Waals surface area contributed by atoms with E-state index in [0.717, 1.165) is 12.8 Å². The van der Waals surface area contributed by atoms with Gasteiger partial charge >= 0.3 is 209 Å². The van der Waals surface area contributed by atoms with Crippen molar-refractivity contribution in [3.8, 4) is 0 Å². The molecule has 33 heavy (non-hydrogen) atoms. The zero-order valence-electron chi connectivity index (χ0n) is 21.1. The molecule has 3 rings (SSSR count). The Labute approximate surface area is 208 Å². The Balaban J connectivity index is 1.97. The zero-order valence-corrected chi connectivity index (χ0v) is 23.8. The van der Waals surface area contributed by atoms with E-state index < -0.39 is 24.0 Å². The van der Waals surface area contributed by atoms with E-state index in [1.165, 1.54) is 46.4 Å². The Morgan fingerprint density at radius 3 is 1.88 bits per heavy atom. The number of carbonyl (C=O) groups is 1. The molecule has 1 atom stereocenters. The molecular weight excluding hydrogens is 454 g/mol. The van der Waals surface area contributed by atoms with Gasteiger partial charge in [-0.25, -0.2) is 0 Å². The number of amides is 1. The van der Waals surface area contributed by atoms with E-state index in [1.807, 2.05) is 0 Å². The van der Waals surface area contributed by atoms with Crippen LogP contribution in [-0.4, -0.2) is 12.6 Å². The molecule has 0 aromatic heterocycles. The van der Waals surface area contributed by atoms with E-state index in [1.54, 1.807) is 3.88 Å². The van der Waals surface area contributed by atoms with E-state index in [0.29, 0.717) is 12.3 Å². The van der Waals surface area contributed by atoms with Crippen molar-refractivity contribution < 1.29 is 22.2 Å². The Hall–Kier alpha value is -1.68. The summed E-state index contributed by atoms with van der Waals surface area (Å²) in [5, 5.41) is 2.91. The molecule has 2 aromatic carbocycles. The number of rotatable bonds is 11. The van der Waals surface area contributed by atoms with Crippen molar-refractivity contribution in [3.63, 3.8) is 0 Å². The number of hydrogen-bond acceptors (Lipinski definition) is 1. The molecule has 0 aliphatic heterocycles. The number of allylic oxidation sites excluding steroid dienone is 4. The van der Waals surface area contributed by atoms with Crippen molar-refractivity contribution in [2.24, 2.45) is 5.92 Å². The molecule has 0 fully saturated rings. The molecule has 2 nitrogen and oxygen atoms in total. The molecule has 0 heterocycles. The van der Waals surface area contributed by atoms with Crippen LogP contribution in [0.4, 0.5) is 0 Å². The molecule has 0 radical (unpaired) electrons. The summed E-state index contributed by atoms with van der Waals surface area (Å²) < 4.78 is 5.35. The topological polar surface area (TPSA) is 29.1 Å². The first kappa shape index (κ1) is 25.9. The molecule has 0 spiro atoms. The van der Waals surface area contributed by atoms with Gasteiger partial charge in [0.05, 0.1) is 0 Å².